The van der Waals surface area contributed by atoms with E-state index in [1.807, 2.05) is 6.34 Å². The third-order valence-corrected chi connectivity index (χ3v) is 4.20. The van der Waals surface area contributed by atoms with Gasteiger partial charge >= 0.3 is 0 Å². The van der Waals surface area contributed by atoms with Gasteiger partial charge in [0.1, 0.15) is 5.66 Å². The summed E-state index contributed by atoms with van der Waals surface area (Å²) in [5, 5.41) is 0. The predicted molar refractivity (Wildman–Crippen MR) is 62.3 cm³/mol. The zero-order chi connectivity index (χ0) is 11.4. The van der Waals surface area contributed by atoms with Gasteiger partial charge in [-0.1, -0.05) is 0 Å². The Balaban J connectivity index is 2.53. The summed E-state index contributed by atoms with van der Waals surface area (Å²) in [6.07, 6.45) is 4.04. The number of hydrogen-bond donors (Lipinski definition) is 0. The molecule has 2 heterocycles. The quantitative estimate of drug-likeness (QED) is 0.596. The van der Waals surface area contributed by atoms with Crippen LogP contribution in [0.1, 0.15) is 20.8 Å². The van der Waals surface area contributed by atoms with Crippen LogP contribution in [-0.2, 0) is 0 Å². The number of hydrogen-bond acceptors (Lipinski definition) is 4. The molecule has 0 aliphatic carbocycles. The smallest absolute Gasteiger partial charge is 0.137 e. The van der Waals surface area contributed by atoms with Gasteiger partial charge in [0.25, 0.3) is 0 Å². The fourth-order valence-corrected chi connectivity index (χ4v) is 2.24. The van der Waals surface area contributed by atoms with Gasteiger partial charge in [-0.15, -0.1) is 0 Å². The zero-order valence-corrected chi connectivity index (χ0v) is 10.4. The molecule has 2 rings (SSSR count). The van der Waals surface area contributed by atoms with Gasteiger partial charge in [-0.2, -0.15) is 0 Å². The van der Waals surface area contributed by atoms with Gasteiger partial charge in [-0.25, -0.2) is 4.99 Å². The second-order valence-corrected chi connectivity index (χ2v) is 5.05. The number of likely N-dealkylation sites (N-methyl/N-ethyl adjacent to an activating group) is 2. The number of rotatable bonds is 0. The van der Waals surface area contributed by atoms with E-state index in [0.717, 1.165) is 5.70 Å². The highest BCUT2D eigenvalue weighted by atomic mass is 15.5. The highest BCUT2D eigenvalue weighted by Gasteiger charge is 2.50. The van der Waals surface area contributed by atoms with Crippen LogP contribution in [0.2, 0.25) is 0 Å². The van der Waals surface area contributed by atoms with E-state index < -0.39 is 0 Å². The van der Waals surface area contributed by atoms with Crippen LogP contribution in [0.15, 0.2) is 16.9 Å². The molecule has 0 bridgehead atoms. The van der Waals surface area contributed by atoms with Crippen LogP contribution in [0.25, 0.3) is 0 Å². The largest absolute Gasteiger partial charge is 0.361 e. The van der Waals surface area contributed by atoms with E-state index in [9.17, 15) is 0 Å². The lowest BCUT2D eigenvalue weighted by molar-refractivity contribution is -0.0821. The van der Waals surface area contributed by atoms with Crippen molar-refractivity contribution >= 4 is 6.34 Å². The van der Waals surface area contributed by atoms with Crippen molar-refractivity contribution in [2.24, 2.45) is 4.99 Å². The van der Waals surface area contributed by atoms with Gasteiger partial charge in [0.05, 0.1) is 17.7 Å². The average Bonchev–Trinajstić information content (AvgIpc) is 2.44. The SMILES string of the molecule is CN1C=C2N=CN(C)C2(C)N(C)C1(C)C. The topological polar surface area (TPSA) is 22.1 Å². The second-order valence-electron chi connectivity index (χ2n) is 5.05. The third kappa shape index (κ3) is 1.08. The summed E-state index contributed by atoms with van der Waals surface area (Å²) in [6.45, 7) is 6.65. The molecule has 0 aromatic rings. The van der Waals surface area contributed by atoms with Crippen molar-refractivity contribution in [1.82, 2.24) is 14.7 Å². The molecule has 0 radical (unpaired) electrons. The molecule has 0 saturated carbocycles. The predicted octanol–water partition coefficient (Wildman–Crippen LogP) is 1.13. The molecule has 0 aromatic carbocycles. The standard InChI is InChI=1S/C11H20N4/c1-10(2)13(4)7-9-11(3,15(10)6)14(5)8-12-9/h7-8H,1-6H3. The molecule has 15 heavy (non-hydrogen) atoms. The zero-order valence-electron chi connectivity index (χ0n) is 10.4. The molecule has 2 aliphatic rings. The molecular formula is C11H20N4. The second kappa shape index (κ2) is 2.76. The Morgan fingerprint density at radius 2 is 1.67 bits per heavy atom. The van der Waals surface area contributed by atoms with Crippen molar-refractivity contribution < 1.29 is 0 Å². The van der Waals surface area contributed by atoms with E-state index in [4.69, 9.17) is 0 Å². The fourth-order valence-electron chi connectivity index (χ4n) is 2.24. The van der Waals surface area contributed by atoms with E-state index in [1.165, 1.54) is 0 Å². The van der Waals surface area contributed by atoms with Crippen LogP contribution in [0.3, 0.4) is 0 Å². The van der Waals surface area contributed by atoms with E-state index in [-0.39, 0.29) is 11.3 Å². The van der Waals surface area contributed by atoms with Crippen LogP contribution in [0.5, 0.6) is 0 Å². The molecule has 0 saturated heterocycles. The molecule has 0 N–H and O–H groups in total. The summed E-state index contributed by atoms with van der Waals surface area (Å²) < 4.78 is 0. The van der Waals surface area contributed by atoms with Crippen molar-refractivity contribution in [3.63, 3.8) is 0 Å². The van der Waals surface area contributed by atoms with Crippen molar-refractivity contribution in [3.8, 4) is 0 Å². The van der Waals surface area contributed by atoms with Crippen LogP contribution in [-0.4, -0.2) is 53.5 Å². The summed E-state index contributed by atoms with van der Waals surface area (Å²) in [7, 11) is 6.31. The Morgan fingerprint density at radius 3 is 2.27 bits per heavy atom. The minimum atomic E-state index is -0.115. The van der Waals surface area contributed by atoms with Gasteiger partial charge in [-0.3, -0.25) is 4.90 Å². The van der Waals surface area contributed by atoms with E-state index in [1.54, 1.807) is 0 Å². The summed E-state index contributed by atoms with van der Waals surface area (Å²) in [5.74, 6) is 0. The molecule has 0 aromatic heterocycles. The average molecular weight is 208 g/mol. The lowest BCUT2D eigenvalue weighted by Gasteiger charge is -2.55. The summed E-state index contributed by atoms with van der Waals surface area (Å²) in [4.78, 5) is 11.2. The Hall–Kier alpha value is -1.03. The summed E-state index contributed by atoms with van der Waals surface area (Å²) in [5.41, 5.74) is 0.991. The first-order chi connectivity index (χ1) is 6.81. The van der Waals surface area contributed by atoms with Crippen LogP contribution >= 0.6 is 0 Å². The molecule has 4 heteroatoms. The first-order valence-corrected chi connectivity index (χ1v) is 5.27. The van der Waals surface area contributed by atoms with Crippen molar-refractivity contribution in [2.75, 3.05) is 21.1 Å². The normalized spacial score (nSPS) is 34.4. The van der Waals surface area contributed by atoms with E-state index in [0.29, 0.717) is 0 Å². The number of aliphatic imine (C=N–C) groups is 1. The fraction of sp³-hybridized carbons (Fsp3) is 0.727. The first kappa shape index (κ1) is 10.5. The van der Waals surface area contributed by atoms with Crippen LogP contribution in [0, 0.1) is 0 Å². The van der Waals surface area contributed by atoms with Crippen molar-refractivity contribution in [1.29, 1.82) is 0 Å². The van der Waals surface area contributed by atoms with Crippen LogP contribution < -0.4 is 0 Å². The maximum Gasteiger partial charge on any atom is 0.137 e. The monoisotopic (exact) mass is 208 g/mol. The molecule has 1 unspecified atom stereocenters. The van der Waals surface area contributed by atoms with Crippen LogP contribution in [0.4, 0.5) is 0 Å². The molecule has 0 spiro atoms. The number of fused-ring (bicyclic) bond motifs is 1. The van der Waals surface area contributed by atoms with E-state index >= 15 is 0 Å². The molecule has 0 fully saturated rings. The summed E-state index contributed by atoms with van der Waals surface area (Å²) >= 11 is 0. The van der Waals surface area contributed by atoms with Crippen molar-refractivity contribution in [2.45, 2.75) is 32.1 Å². The Kier molecular flexibility index (Phi) is 1.93. The maximum atomic E-state index is 4.46. The lowest BCUT2D eigenvalue weighted by Crippen LogP contribution is -2.67. The Bertz CT molecular complexity index is 344. The number of nitrogens with zero attached hydrogens (tertiary/aromatic N) is 4. The minimum absolute atomic E-state index is 0.000208. The molecular weight excluding hydrogens is 188 g/mol. The molecule has 84 valence electrons. The van der Waals surface area contributed by atoms with E-state index in [2.05, 4.69) is 67.8 Å². The summed E-state index contributed by atoms with van der Waals surface area (Å²) in [6, 6.07) is 0. The Morgan fingerprint density at radius 1 is 1.07 bits per heavy atom. The maximum absolute atomic E-state index is 4.46. The molecule has 2 aliphatic heterocycles. The molecule has 0 amide bonds. The molecule has 4 nitrogen and oxygen atoms in total. The van der Waals surface area contributed by atoms with Gasteiger partial charge in [-0.05, 0) is 27.8 Å². The van der Waals surface area contributed by atoms with Crippen molar-refractivity contribution in [3.05, 3.63) is 11.9 Å². The highest BCUT2D eigenvalue weighted by Crippen LogP contribution is 2.40. The van der Waals surface area contributed by atoms with Gasteiger partial charge in [0.2, 0.25) is 0 Å². The third-order valence-electron chi connectivity index (χ3n) is 4.20. The Labute approximate surface area is 91.9 Å². The van der Waals surface area contributed by atoms with Gasteiger partial charge in [0, 0.05) is 20.3 Å². The molecule has 1 atom stereocenters. The lowest BCUT2D eigenvalue weighted by atomic mass is 9.98. The van der Waals surface area contributed by atoms with Gasteiger partial charge < -0.3 is 9.80 Å². The van der Waals surface area contributed by atoms with Gasteiger partial charge in [0.15, 0.2) is 0 Å². The minimum Gasteiger partial charge on any atom is -0.361 e. The first-order valence-electron chi connectivity index (χ1n) is 5.27. The highest BCUT2D eigenvalue weighted by molar-refractivity contribution is 5.64.